The summed E-state index contributed by atoms with van der Waals surface area (Å²) in [6, 6.07) is 8.91. The predicted octanol–water partition coefficient (Wildman–Crippen LogP) is 5.16. The van der Waals surface area contributed by atoms with Crippen LogP contribution in [0.5, 0.6) is 0 Å². The third-order valence-corrected chi connectivity index (χ3v) is 10.3. The number of rotatable bonds is 6. The molecule has 3 amide bonds. The van der Waals surface area contributed by atoms with Gasteiger partial charge < -0.3 is 19.9 Å². The van der Waals surface area contributed by atoms with Gasteiger partial charge >= 0.3 is 0 Å². The van der Waals surface area contributed by atoms with Crippen LogP contribution < -0.4 is 15.5 Å². The van der Waals surface area contributed by atoms with Crippen molar-refractivity contribution in [3.8, 4) is 0 Å². The maximum Gasteiger partial charge on any atom is 0.246 e. The van der Waals surface area contributed by atoms with E-state index in [4.69, 9.17) is 9.26 Å². The average Bonchev–Trinajstić information content (AvgIpc) is 3.70. The number of nitrogens with one attached hydrogen (secondary N) is 2. The zero-order chi connectivity index (χ0) is 29.1. The van der Waals surface area contributed by atoms with Crippen LogP contribution in [0.4, 0.5) is 11.5 Å². The van der Waals surface area contributed by atoms with Crippen LogP contribution in [0.1, 0.15) is 88.4 Å². The molecule has 3 aliphatic heterocycles. The summed E-state index contributed by atoms with van der Waals surface area (Å²) in [7, 11) is 0. The number of amides is 3. The van der Waals surface area contributed by atoms with Gasteiger partial charge in [0.05, 0.1) is 17.4 Å². The Balaban J connectivity index is 1.24. The second kappa shape index (κ2) is 10.4. The fraction of sp³-hybridized carbons (Fsp3) is 0.576. The molecular formula is C33H40N4O5. The molecule has 0 unspecified atom stereocenters. The van der Waals surface area contributed by atoms with Gasteiger partial charge in [-0.05, 0) is 63.1 Å². The number of aryl methyl sites for hydroxylation is 1. The summed E-state index contributed by atoms with van der Waals surface area (Å²) in [4.78, 5) is 44.1. The van der Waals surface area contributed by atoms with Crippen LogP contribution in [0.3, 0.4) is 0 Å². The predicted molar refractivity (Wildman–Crippen MR) is 157 cm³/mol. The van der Waals surface area contributed by atoms with Crippen LogP contribution in [0, 0.1) is 18.8 Å². The fourth-order valence-electron chi connectivity index (χ4n) is 8.31. The minimum absolute atomic E-state index is 0.0694. The van der Waals surface area contributed by atoms with Gasteiger partial charge in [-0.15, -0.1) is 0 Å². The van der Waals surface area contributed by atoms with E-state index in [-0.39, 0.29) is 29.6 Å². The molecule has 2 bridgehead atoms. The molecular weight excluding hydrogens is 532 g/mol. The van der Waals surface area contributed by atoms with Gasteiger partial charge in [-0.1, -0.05) is 68.0 Å². The third-order valence-electron chi connectivity index (χ3n) is 10.3. The van der Waals surface area contributed by atoms with Crippen molar-refractivity contribution in [1.82, 2.24) is 10.5 Å². The first-order chi connectivity index (χ1) is 20.3. The second-order valence-electron chi connectivity index (χ2n) is 13.1. The van der Waals surface area contributed by atoms with Crippen molar-refractivity contribution in [1.29, 1.82) is 0 Å². The summed E-state index contributed by atoms with van der Waals surface area (Å²) in [5, 5.41) is 9.99. The molecule has 2 N–H and O–H groups in total. The number of nitrogens with zero attached hydrogens (tertiary/aromatic N) is 2. The molecule has 42 heavy (non-hydrogen) atoms. The van der Waals surface area contributed by atoms with Gasteiger partial charge in [-0.2, -0.15) is 0 Å². The van der Waals surface area contributed by atoms with E-state index in [1.165, 1.54) is 44.1 Å². The van der Waals surface area contributed by atoms with E-state index in [0.717, 1.165) is 25.7 Å². The van der Waals surface area contributed by atoms with E-state index in [1.807, 2.05) is 31.2 Å². The highest BCUT2D eigenvalue weighted by Crippen LogP contribution is 2.60. The summed E-state index contributed by atoms with van der Waals surface area (Å²) >= 11 is 0. The number of aromatic nitrogens is 1. The Morgan fingerprint density at radius 1 is 0.952 bits per heavy atom. The second-order valence-corrected chi connectivity index (χ2v) is 13.1. The van der Waals surface area contributed by atoms with E-state index < -0.39 is 29.1 Å². The van der Waals surface area contributed by atoms with E-state index in [2.05, 4.69) is 27.9 Å². The van der Waals surface area contributed by atoms with Crippen molar-refractivity contribution < 1.29 is 23.6 Å². The molecule has 4 fully saturated rings. The molecule has 2 saturated carbocycles. The average molecular weight is 573 g/mol. The van der Waals surface area contributed by atoms with Crippen molar-refractivity contribution in [2.75, 3.05) is 10.2 Å². The van der Waals surface area contributed by atoms with Gasteiger partial charge in [0.1, 0.15) is 17.4 Å². The van der Waals surface area contributed by atoms with Crippen LogP contribution in [0.25, 0.3) is 0 Å². The van der Waals surface area contributed by atoms with E-state index >= 15 is 0 Å². The SMILES string of the molecule is Cc1cc(NC(=O)[C@@H]2[C@@H]3C(=O)N(c4ccc(C5CCCCC5)cc4)[C@H](C(=O)NC4CCCCC4)[C@@]34C=C[C@]2(C)O4)no1. The molecule has 1 aromatic carbocycles. The molecule has 5 atom stereocenters. The highest BCUT2D eigenvalue weighted by atomic mass is 16.5. The van der Waals surface area contributed by atoms with Crippen molar-refractivity contribution in [3.63, 3.8) is 0 Å². The lowest BCUT2D eigenvalue weighted by atomic mass is 9.70. The highest BCUT2D eigenvalue weighted by Gasteiger charge is 2.76. The van der Waals surface area contributed by atoms with Crippen molar-refractivity contribution in [2.45, 2.75) is 107 Å². The Kier molecular flexibility index (Phi) is 6.76. The van der Waals surface area contributed by atoms with Crippen LogP contribution in [0.2, 0.25) is 0 Å². The molecule has 2 saturated heterocycles. The summed E-state index contributed by atoms with van der Waals surface area (Å²) in [5.41, 5.74) is -0.363. The minimum atomic E-state index is -1.26. The quantitative estimate of drug-likeness (QED) is 0.462. The standard InChI is InChI=1S/C33H40N4O5/c1-20-19-25(36-41-20)35-29(38)26-27-31(40)37(24-15-13-22(14-16-24)21-9-5-3-6-10-21)28(33(27)18-17-32(26,2)42-33)30(39)34-23-11-7-4-8-12-23/h13-19,21,23,26-28H,3-12H2,1-2H3,(H,34,39)(H,35,36,38)/t26-,27+,28+,32-,33+/m0/s1. The third kappa shape index (κ3) is 4.39. The van der Waals surface area contributed by atoms with Crippen molar-refractivity contribution in [3.05, 3.63) is 53.8 Å². The lowest BCUT2D eigenvalue weighted by Gasteiger charge is -2.34. The Bertz CT molecular complexity index is 1410. The lowest BCUT2D eigenvalue weighted by Crippen LogP contribution is -2.56. The fourth-order valence-corrected chi connectivity index (χ4v) is 8.31. The molecule has 0 radical (unpaired) electrons. The van der Waals surface area contributed by atoms with E-state index in [9.17, 15) is 14.4 Å². The van der Waals surface area contributed by atoms with E-state index in [0.29, 0.717) is 17.4 Å². The smallest absolute Gasteiger partial charge is 0.246 e. The molecule has 5 aliphatic rings. The molecule has 4 heterocycles. The number of hydrogen-bond donors (Lipinski definition) is 2. The van der Waals surface area contributed by atoms with Gasteiger partial charge in [0.15, 0.2) is 5.82 Å². The minimum Gasteiger partial charge on any atom is -0.360 e. The Morgan fingerprint density at radius 3 is 2.31 bits per heavy atom. The van der Waals surface area contributed by atoms with Gasteiger partial charge in [-0.3, -0.25) is 19.3 Å². The molecule has 1 spiro atoms. The van der Waals surface area contributed by atoms with Crippen LogP contribution in [-0.4, -0.2) is 46.2 Å². The summed E-state index contributed by atoms with van der Waals surface area (Å²) in [5.74, 6) is -1.20. The van der Waals surface area contributed by atoms with Gasteiger partial charge in [-0.25, -0.2) is 0 Å². The van der Waals surface area contributed by atoms with Crippen molar-refractivity contribution in [2.24, 2.45) is 11.8 Å². The van der Waals surface area contributed by atoms with Crippen LogP contribution in [0.15, 0.2) is 47.0 Å². The number of fused-ring (bicyclic) bond motifs is 1. The Hall–Kier alpha value is -3.46. The number of anilines is 2. The topological polar surface area (TPSA) is 114 Å². The van der Waals surface area contributed by atoms with Crippen LogP contribution >= 0.6 is 0 Å². The molecule has 9 nitrogen and oxygen atoms in total. The Labute approximate surface area is 246 Å². The number of hydrogen-bond acceptors (Lipinski definition) is 6. The highest BCUT2D eigenvalue weighted by molar-refractivity contribution is 6.11. The maximum absolute atomic E-state index is 14.5. The number of ether oxygens (including phenoxy) is 1. The van der Waals surface area contributed by atoms with E-state index in [1.54, 1.807) is 17.9 Å². The Morgan fingerprint density at radius 2 is 1.64 bits per heavy atom. The molecule has 222 valence electrons. The zero-order valence-corrected chi connectivity index (χ0v) is 24.4. The number of carbonyl (C=O) groups excluding carboxylic acids is 3. The number of carbonyl (C=O) groups is 3. The van der Waals surface area contributed by atoms with Crippen LogP contribution in [-0.2, 0) is 19.1 Å². The van der Waals surface area contributed by atoms with Gasteiger partial charge in [0.25, 0.3) is 0 Å². The summed E-state index contributed by atoms with van der Waals surface area (Å²) in [6.45, 7) is 3.57. The maximum atomic E-state index is 14.5. The first-order valence-electron chi connectivity index (χ1n) is 15.7. The molecule has 2 aromatic rings. The first kappa shape index (κ1) is 27.4. The monoisotopic (exact) mass is 572 g/mol. The molecule has 7 rings (SSSR count). The molecule has 2 aliphatic carbocycles. The van der Waals surface area contributed by atoms with Crippen molar-refractivity contribution >= 4 is 29.2 Å². The largest absolute Gasteiger partial charge is 0.360 e. The zero-order valence-electron chi connectivity index (χ0n) is 24.4. The number of benzene rings is 1. The van der Waals surface area contributed by atoms with Gasteiger partial charge in [0.2, 0.25) is 17.7 Å². The molecule has 9 heteroatoms. The lowest BCUT2D eigenvalue weighted by molar-refractivity contribution is -0.131. The van der Waals surface area contributed by atoms with Gasteiger partial charge in [0, 0.05) is 17.8 Å². The normalized spacial score (nSPS) is 32.8. The first-order valence-corrected chi connectivity index (χ1v) is 15.7. The summed E-state index contributed by atoms with van der Waals surface area (Å²) < 4.78 is 11.8. The molecule has 1 aromatic heterocycles. The summed E-state index contributed by atoms with van der Waals surface area (Å²) in [6.07, 6.45) is 15.0.